The van der Waals surface area contributed by atoms with Crippen molar-refractivity contribution in [2.75, 3.05) is 13.7 Å². The summed E-state index contributed by atoms with van der Waals surface area (Å²) in [6, 6.07) is 16.5. The number of benzene rings is 2. The first-order valence-corrected chi connectivity index (χ1v) is 7.70. The minimum absolute atomic E-state index is 0.166. The Bertz CT molecular complexity index is 769. The Morgan fingerprint density at radius 2 is 1.67 bits per heavy atom. The van der Waals surface area contributed by atoms with Gasteiger partial charge >= 0.3 is 5.97 Å². The third kappa shape index (κ3) is 3.06. The number of carbonyl (C=O) groups excluding carboxylic acids is 2. The van der Waals surface area contributed by atoms with E-state index in [1.165, 1.54) is 12.0 Å². The van der Waals surface area contributed by atoms with E-state index in [-0.39, 0.29) is 18.9 Å². The van der Waals surface area contributed by atoms with Gasteiger partial charge in [0.05, 0.1) is 13.7 Å². The normalized spacial score (nSPS) is 17.0. The van der Waals surface area contributed by atoms with Gasteiger partial charge in [0.15, 0.2) is 0 Å². The fourth-order valence-corrected chi connectivity index (χ4v) is 2.89. The number of esters is 1. The van der Waals surface area contributed by atoms with Gasteiger partial charge in [0.25, 0.3) is 5.91 Å². The highest BCUT2D eigenvalue weighted by molar-refractivity contribution is 6.03. The minimum Gasteiger partial charge on any atom is -0.467 e. The highest BCUT2D eigenvalue weighted by Gasteiger charge is 2.38. The topological polar surface area (TPSA) is 70.5 Å². The summed E-state index contributed by atoms with van der Waals surface area (Å²) in [6.07, 6.45) is 0.237. The first-order valence-electron chi connectivity index (χ1n) is 7.70. The maximum atomic E-state index is 12.7. The van der Waals surface area contributed by atoms with Gasteiger partial charge in [0, 0.05) is 17.7 Å². The smallest absolute Gasteiger partial charge is 0.328 e. The molecule has 0 aromatic heterocycles. The number of ether oxygens (including phenoxy) is 1. The second-order valence-corrected chi connectivity index (χ2v) is 5.72. The van der Waals surface area contributed by atoms with E-state index in [0.29, 0.717) is 11.3 Å². The van der Waals surface area contributed by atoms with Crippen molar-refractivity contribution >= 4 is 17.6 Å². The monoisotopic (exact) mass is 322 g/mol. The van der Waals surface area contributed by atoms with E-state index in [0.717, 1.165) is 11.1 Å². The lowest BCUT2D eigenvalue weighted by Gasteiger charge is -2.22. The zero-order valence-corrected chi connectivity index (χ0v) is 13.4. The molecular weight excluding hydrogens is 304 g/mol. The van der Waals surface area contributed by atoms with Crippen molar-refractivity contribution in [2.24, 2.45) is 0 Å². The molecule has 1 fully saturated rings. The van der Waals surface area contributed by atoms with Gasteiger partial charge in [-0.3, -0.25) is 4.79 Å². The van der Waals surface area contributed by atoms with Crippen LogP contribution >= 0.6 is 0 Å². The average Bonchev–Trinajstić information content (AvgIpc) is 3.03. The van der Waals surface area contributed by atoms with Gasteiger partial charge in [-0.15, -0.1) is 0 Å². The molecule has 1 aliphatic heterocycles. The van der Waals surface area contributed by atoms with Crippen molar-refractivity contribution in [3.05, 3.63) is 60.2 Å². The maximum absolute atomic E-state index is 12.7. The standard InChI is InChI=1S/C19H18N2O3/c1-24-19(23)17-11-16(20)12-21(17)18(22)15-9-7-14(8-10-15)13-5-3-2-4-6-13/h2-10,17,20H,11-12H2,1H3/t17-/m0/s1. The molecule has 122 valence electrons. The van der Waals surface area contributed by atoms with E-state index in [1.807, 2.05) is 42.5 Å². The number of amides is 1. The van der Waals surface area contributed by atoms with Crippen LogP contribution in [0.2, 0.25) is 0 Å². The molecule has 1 amide bonds. The van der Waals surface area contributed by atoms with Crippen molar-refractivity contribution in [3.63, 3.8) is 0 Å². The summed E-state index contributed by atoms with van der Waals surface area (Å²) in [5.74, 6) is -0.737. The van der Waals surface area contributed by atoms with E-state index in [2.05, 4.69) is 0 Å². The second-order valence-electron chi connectivity index (χ2n) is 5.72. The fraction of sp³-hybridized carbons (Fsp3) is 0.211. The van der Waals surface area contributed by atoms with E-state index in [4.69, 9.17) is 10.1 Å². The number of methoxy groups -OCH3 is 1. The van der Waals surface area contributed by atoms with E-state index >= 15 is 0 Å². The summed E-state index contributed by atoms with van der Waals surface area (Å²) in [4.78, 5) is 25.9. The Morgan fingerprint density at radius 1 is 1.04 bits per heavy atom. The molecule has 5 heteroatoms. The van der Waals surface area contributed by atoms with Crippen LogP contribution in [-0.2, 0) is 9.53 Å². The summed E-state index contributed by atoms with van der Waals surface area (Å²) in [5, 5.41) is 7.78. The lowest BCUT2D eigenvalue weighted by molar-refractivity contribution is -0.145. The Morgan fingerprint density at radius 3 is 2.29 bits per heavy atom. The van der Waals surface area contributed by atoms with Crippen LogP contribution in [0.5, 0.6) is 0 Å². The van der Waals surface area contributed by atoms with Crippen LogP contribution in [0.15, 0.2) is 54.6 Å². The molecule has 0 spiro atoms. The zero-order valence-electron chi connectivity index (χ0n) is 13.4. The van der Waals surface area contributed by atoms with Gasteiger partial charge in [-0.2, -0.15) is 0 Å². The molecule has 0 radical (unpaired) electrons. The van der Waals surface area contributed by atoms with E-state index in [9.17, 15) is 9.59 Å². The third-order valence-electron chi connectivity index (χ3n) is 4.15. The molecule has 2 aromatic carbocycles. The van der Waals surface area contributed by atoms with Crippen LogP contribution in [0.3, 0.4) is 0 Å². The number of hydrogen-bond acceptors (Lipinski definition) is 4. The summed E-state index contributed by atoms with van der Waals surface area (Å²) >= 11 is 0. The fourth-order valence-electron chi connectivity index (χ4n) is 2.89. The van der Waals surface area contributed by atoms with Gasteiger partial charge in [0.2, 0.25) is 0 Å². The van der Waals surface area contributed by atoms with E-state index < -0.39 is 12.0 Å². The van der Waals surface area contributed by atoms with Gasteiger partial charge in [0.1, 0.15) is 6.04 Å². The first kappa shape index (κ1) is 15.9. The lowest BCUT2D eigenvalue weighted by atomic mass is 10.0. The Hall–Kier alpha value is -2.95. The average molecular weight is 322 g/mol. The number of carbonyl (C=O) groups is 2. The SMILES string of the molecule is COC(=O)[C@@H]1CC(=N)CN1C(=O)c1ccc(-c2ccccc2)cc1. The molecule has 1 atom stereocenters. The van der Waals surface area contributed by atoms with Crippen LogP contribution < -0.4 is 0 Å². The number of hydrogen-bond donors (Lipinski definition) is 1. The molecule has 5 nitrogen and oxygen atoms in total. The molecule has 0 aliphatic carbocycles. The number of likely N-dealkylation sites (tertiary alicyclic amines) is 1. The maximum Gasteiger partial charge on any atom is 0.328 e. The quantitative estimate of drug-likeness (QED) is 0.883. The van der Waals surface area contributed by atoms with Crippen LogP contribution in [0.1, 0.15) is 16.8 Å². The van der Waals surface area contributed by atoms with Crippen molar-refractivity contribution in [1.29, 1.82) is 5.41 Å². The number of rotatable bonds is 3. The van der Waals surface area contributed by atoms with Crippen molar-refractivity contribution in [2.45, 2.75) is 12.5 Å². The van der Waals surface area contributed by atoms with Gasteiger partial charge in [-0.05, 0) is 23.3 Å². The number of nitrogens with one attached hydrogen (secondary N) is 1. The molecule has 24 heavy (non-hydrogen) atoms. The Labute approximate surface area is 140 Å². The first-order chi connectivity index (χ1) is 11.6. The Balaban J connectivity index is 1.82. The minimum atomic E-state index is -0.705. The van der Waals surface area contributed by atoms with Crippen LogP contribution in [-0.4, -0.2) is 42.2 Å². The Kier molecular flexibility index (Phi) is 4.42. The molecule has 0 bridgehead atoms. The van der Waals surface area contributed by atoms with Crippen LogP contribution in [0.25, 0.3) is 11.1 Å². The highest BCUT2D eigenvalue weighted by atomic mass is 16.5. The third-order valence-corrected chi connectivity index (χ3v) is 4.15. The van der Waals surface area contributed by atoms with Crippen LogP contribution in [0, 0.1) is 5.41 Å². The van der Waals surface area contributed by atoms with Crippen LogP contribution in [0.4, 0.5) is 0 Å². The highest BCUT2D eigenvalue weighted by Crippen LogP contribution is 2.22. The molecule has 1 saturated heterocycles. The molecule has 3 rings (SSSR count). The molecule has 0 saturated carbocycles. The molecule has 0 unspecified atom stereocenters. The second kappa shape index (κ2) is 6.66. The van der Waals surface area contributed by atoms with Gasteiger partial charge in [-0.1, -0.05) is 42.5 Å². The summed E-state index contributed by atoms with van der Waals surface area (Å²) < 4.78 is 4.75. The van der Waals surface area contributed by atoms with Crippen molar-refractivity contribution < 1.29 is 14.3 Å². The molecule has 2 aromatic rings. The summed E-state index contributed by atoms with van der Waals surface area (Å²) in [7, 11) is 1.29. The summed E-state index contributed by atoms with van der Waals surface area (Å²) in [6.45, 7) is 0.166. The zero-order chi connectivity index (χ0) is 17.1. The predicted octanol–water partition coefficient (Wildman–Crippen LogP) is 2.76. The van der Waals surface area contributed by atoms with Crippen molar-refractivity contribution in [3.8, 4) is 11.1 Å². The summed E-state index contributed by atoms with van der Waals surface area (Å²) in [5.41, 5.74) is 2.95. The van der Waals surface area contributed by atoms with E-state index in [1.54, 1.807) is 12.1 Å². The molecular formula is C19H18N2O3. The largest absolute Gasteiger partial charge is 0.467 e. The number of nitrogens with zero attached hydrogens (tertiary/aromatic N) is 1. The molecule has 1 N–H and O–H groups in total. The lowest BCUT2D eigenvalue weighted by Crippen LogP contribution is -2.41. The van der Waals surface area contributed by atoms with Gasteiger partial charge < -0.3 is 15.0 Å². The van der Waals surface area contributed by atoms with Gasteiger partial charge in [-0.25, -0.2) is 4.79 Å². The predicted molar refractivity (Wildman–Crippen MR) is 91.1 cm³/mol. The molecule has 1 aliphatic rings. The molecule has 1 heterocycles. The van der Waals surface area contributed by atoms with Crippen molar-refractivity contribution in [1.82, 2.24) is 4.90 Å².